The zero-order valence-electron chi connectivity index (χ0n) is 10.6. The smallest absolute Gasteiger partial charge is 0.354 e. The maximum atomic E-state index is 11.0. The van der Waals surface area contributed by atoms with E-state index in [0.717, 1.165) is 5.39 Å². The van der Waals surface area contributed by atoms with Crippen LogP contribution in [0.2, 0.25) is 0 Å². The summed E-state index contributed by atoms with van der Waals surface area (Å²) in [7, 11) is 0. The van der Waals surface area contributed by atoms with Crippen LogP contribution in [0.25, 0.3) is 10.9 Å². The van der Waals surface area contributed by atoms with Crippen molar-refractivity contribution in [3.8, 4) is 5.75 Å². The van der Waals surface area contributed by atoms with Gasteiger partial charge >= 0.3 is 5.97 Å². The number of fused-ring (bicyclic) bond motifs is 1. The molecular weight excluding hydrogens is 230 g/mol. The van der Waals surface area contributed by atoms with Crippen molar-refractivity contribution in [1.82, 2.24) is 4.98 Å². The van der Waals surface area contributed by atoms with Gasteiger partial charge in [0.25, 0.3) is 0 Å². The molecule has 0 bridgehead atoms. The highest BCUT2D eigenvalue weighted by Crippen LogP contribution is 2.28. The summed E-state index contributed by atoms with van der Waals surface area (Å²) >= 11 is 0. The van der Waals surface area contributed by atoms with Crippen LogP contribution in [0, 0.1) is 0 Å². The number of pyridine rings is 1. The Kier molecular flexibility index (Phi) is 2.95. The minimum absolute atomic E-state index is 0.00653. The maximum Gasteiger partial charge on any atom is 0.354 e. The fraction of sp³-hybridized carbons (Fsp3) is 0.286. The molecule has 1 aromatic carbocycles. The normalized spacial score (nSPS) is 11.5. The van der Waals surface area contributed by atoms with Crippen molar-refractivity contribution >= 4 is 16.9 Å². The molecule has 0 aliphatic carbocycles. The molecule has 0 radical (unpaired) electrons. The predicted octanol–water partition coefficient (Wildman–Crippen LogP) is 3.11. The van der Waals surface area contributed by atoms with Gasteiger partial charge in [-0.1, -0.05) is 12.1 Å². The third kappa shape index (κ3) is 2.59. The molecule has 0 aliphatic heterocycles. The van der Waals surface area contributed by atoms with Crippen LogP contribution in [-0.4, -0.2) is 21.7 Å². The highest BCUT2D eigenvalue weighted by molar-refractivity contribution is 5.93. The van der Waals surface area contributed by atoms with Gasteiger partial charge < -0.3 is 9.84 Å². The Labute approximate surface area is 105 Å². The highest BCUT2D eigenvalue weighted by Gasteiger charge is 2.17. The lowest BCUT2D eigenvalue weighted by Gasteiger charge is -2.22. The van der Waals surface area contributed by atoms with E-state index in [1.165, 1.54) is 6.07 Å². The quantitative estimate of drug-likeness (QED) is 0.883. The Morgan fingerprint density at radius 3 is 2.56 bits per heavy atom. The monoisotopic (exact) mass is 245 g/mol. The Morgan fingerprint density at radius 1 is 1.28 bits per heavy atom. The van der Waals surface area contributed by atoms with Gasteiger partial charge in [0.1, 0.15) is 11.4 Å². The Hall–Kier alpha value is -2.10. The van der Waals surface area contributed by atoms with Gasteiger partial charge in [-0.25, -0.2) is 9.78 Å². The fourth-order valence-corrected chi connectivity index (χ4v) is 1.67. The molecular formula is C14H15NO3. The largest absolute Gasteiger partial charge is 0.487 e. The molecule has 0 fully saturated rings. The summed E-state index contributed by atoms with van der Waals surface area (Å²) in [5, 5.41) is 9.87. The zero-order valence-corrected chi connectivity index (χ0v) is 10.6. The number of hydrogen-bond acceptors (Lipinski definition) is 3. The predicted molar refractivity (Wildman–Crippen MR) is 69.1 cm³/mol. The van der Waals surface area contributed by atoms with Crippen LogP contribution >= 0.6 is 0 Å². The van der Waals surface area contributed by atoms with E-state index in [1.54, 1.807) is 6.07 Å². The second-order valence-electron chi connectivity index (χ2n) is 5.04. The Bertz CT molecular complexity index is 600. The Balaban J connectivity index is 2.64. The first-order valence-electron chi connectivity index (χ1n) is 5.69. The standard InChI is InChI=1S/C14H15NO3/c1-14(2,3)18-12-8-11(13(16)17)15-10-7-5-4-6-9(10)12/h4-8H,1-3H3,(H,16,17). The minimum Gasteiger partial charge on any atom is -0.487 e. The number of carboxylic acids is 1. The lowest BCUT2D eigenvalue weighted by molar-refractivity contribution is 0.0688. The molecule has 2 rings (SSSR count). The molecule has 18 heavy (non-hydrogen) atoms. The highest BCUT2D eigenvalue weighted by atomic mass is 16.5. The maximum absolute atomic E-state index is 11.0. The van der Waals surface area contributed by atoms with E-state index in [2.05, 4.69) is 4.98 Å². The molecule has 94 valence electrons. The van der Waals surface area contributed by atoms with Crippen LogP contribution < -0.4 is 4.74 Å². The first kappa shape index (κ1) is 12.4. The van der Waals surface area contributed by atoms with Gasteiger partial charge in [-0.2, -0.15) is 0 Å². The first-order valence-corrected chi connectivity index (χ1v) is 5.69. The number of para-hydroxylation sites is 1. The molecule has 1 N–H and O–H groups in total. The van der Waals surface area contributed by atoms with E-state index in [4.69, 9.17) is 9.84 Å². The third-order valence-electron chi connectivity index (χ3n) is 2.31. The number of ether oxygens (including phenoxy) is 1. The fourth-order valence-electron chi connectivity index (χ4n) is 1.67. The van der Waals surface area contributed by atoms with E-state index < -0.39 is 5.97 Å². The van der Waals surface area contributed by atoms with Crippen molar-refractivity contribution in [2.75, 3.05) is 0 Å². The van der Waals surface area contributed by atoms with Gasteiger partial charge in [-0.3, -0.25) is 0 Å². The van der Waals surface area contributed by atoms with E-state index in [-0.39, 0.29) is 11.3 Å². The molecule has 0 unspecified atom stereocenters. The van der Waals surface area contributed by atoms with Gasteiger partial charge in [0, 0.05) is 11.5 Å². The van der Waals surface area contributed by atoms with Crippen LogP contribution in [-0.2, 0) is 0 Å². The van der Waals surface area contributed by atoms with Crippen molar-refractivity contribution in [3.63, 3.8) is 0 Å². The van der Waals surface area contributed by atoms with Gasteiger partial charge in [0.05, 0.1) is 5.52 Å². The van der Waals surface area contributed by atoms with Gasteiger partial charge in [-0.05, 0) is 32.9 Å². The number of aromatic nitrogens is 1. The van der Waals surface area contributed by atoms with Crippen LogP contribution in [0.1, 0.15) is 31.3 Å². The van der Waals surface area contributed by atoms with Crippen LogP contribution in [0.4, 0.5) is 0 Å². The lowest BCUT2D eigenvalue weighted by atomic mass is 10.1. The second-order valence-corrected chi connectivity index (χ2v) is 5.04. The van der Waals surface area contributed by atoms with Crippen molar-refractivity contribution in [1.29, 1.82) is 0 Å². The lowest BCUT2D eigenvalue weighted by Crippen LogP contribution is -2.23. The molecule has 0 amide bonds. The summed E-state index contributed by atoms with van der Waals surface area (Å²) in [6.45, 7) is 5.76. The molecule has 2 aromatic rings. The van der Waals surface area contributed by atoms with E-state index >= 15 is 0 Å². The van der Waals surface area contributed by atoms with Crippen molar-refractivity contribution in [3.05, 3.63) is 36.0 Å². The summed E-state index contributed by atoms with van der Waals surface area (Å²) in [4.78, 5) is 15.1. The van der Waals surface area contributed by atoms with E-state index in [0.29, 0.717) is 11.3 Å². The number of nitrogens with zero attached hydrogens (tertiary/aromatic N) is 1. The number of carbonyl (C=O) groups is 1. The van der Waals surface area contributed by atoms with Gasteiger partial charge in [0.2, 0.25) is 0 Å². The number of carboxylic acid groups (broad SMARTS) is 1. The van der Waals surface area contributed by atoms with Gasteiger partial charge in [0.15, 0.2) is 5.69 Å². The summed E-state index contributed by atoms with van der Waals surface area (Å²) in [6, 6.07) is 8.81. The topological polar surface area (TPSA) is 59.4 Å². The van der Waals surface area contributed by atoms with Crippen LogP contribution in [0.15, 0.2) is 30.3 Å². The molecule has 0 spiro atoms. The summed E-state index contributed by atoms with van der Waals surface area (Å²) in [5.41, 5.74) is 0.226. The van der Waals surface area contributed by atoms with Crippen molar-refractivity contribution < 1.29 is 14.6 Å². The zero-order chi connectivity index (χ0) is 13.3. The average molecular weight is 245 g/mol. The summed E-state index contributed by atoms with van der Waals surface area (Å²) in [6.07, 6.45) is 0. The van der Waals surface area contributed by atoms with Crippen molar-refractivity contribution in [2.24, 2.45) is 0 Å². The number of rotatable bonds is 2. The van der Waals surface area contributed by atoms with E-state index in [1.807, 2.05) is 39.0 Å². The SMILES string of the molecule is CC(C)(C)Oc1cc(C(=O)O)nc2ccccc12. The third-order valence-corrected chi connectivity index (χ3v) is 2.31. The number of hydrogen-bond donors (Lipinski definition) is 1. The minimum atomic E-state index is -1.06. The second kappa shape index (κ2) is 4.29. The van der Waals surface area contributed by atoms with Gasteiger partial charge in [-0.15, -0.1) is 0 Å². The Morgan fingerprint density at radius 2 is 1.94 bits per heavy atom. The molecule has 1 aromatic heterocycles. The molecule has 0 saturated carbocycles. The molecule has 0 atom stereocenters. The first-order chi connectivity index (χ1) is 8.37. The summed E-state index contributed by atoms with van der Waals surface area (Å²) < 4.78 is 5.80. The molecule has 4 nitrogen and oxygen atoms in total. The van der Waals surface area contributed by atoms with Crippen LogP contribution in [0.5, 0.6) is 5.75 Å². The number of benzene rings is 1. The van der Waals surface area contributed by atoms with E-state index in [9.17, 15) is 4.79 Å². The van der Waals surface area contributed by atoms with Crippen molar-refractivity contribution in [2.45, 2.75) is 26.4 Å². The molecule has 0 aliphatic rings. The summed E-state index contributed by atoms with van der Waals surface area (Å²) in [5.74, 6) is -0.509. The number of aromatic carboxylic acids is 1. The molecule has 4 heteroatoms. The molecule has 1 heterocycles. The average Bonchev–Trinajstić information content (AvgIpc) is 2.26. The molecule has 0 saturated heterocycles. The van der Waals surface area contributed by atoms with Crippen LogP contribution in [0.3, 0.4) is 0 Å².